The molecule has 0 radical (unpaired) electrons. The van der Waals surface area contributed by atoms with Crippen LogP contribution in [0, 0.1) is 29.1 Å². The molecule has 1 fully saturated rings. The number of hydrogen-bond acceptors (Lipinski definition) is 5. The van der Waals surface area contributed by atoms with E-state index in [1.807, 2.05) is 20.8 Å². The Hall–Kier alpha value is -0.620. The van der Waals surface area contributed by atoms with E-state index in [-0.39, 0.29) is 66.0 Å². The first kappa shape index (κ1) is 26.6. The van der Waals surface area contributed by atoms with E-state index in [0.717, 1.165) is 25.7 Å². The third-order valence-electron chi connectivity index (χ3n) is 7.35. The summed E-state index contributed by atoms with van der Waals surface area (Å²) in [4.78, 5) is 24.6. The SMILES string of the molecule is CCC(C)(C)C(=O)O[C@H]1C[C@@H](C)C=C2C=C[C@H](C)[C@H](CC[C@@H]3C[C@@H](O)CC(=O)O3)[C@H]21.[Na+]. The third kappa shape index (κ3) is 6.46. The molecular formula is C25H38NaO5+. The molecular weight excluding hydrogens is 403 g/mol. The van der Waals surface area contributed by atoms with Gasteiger partial charge in [0.25, 0.3) is 0 Å². The van der Waals surface area contributed by atoms with Gasteiger partial charge in [-0.3, -0.25) is 9.59 Å². The summed E-state index contributed by atoms with van der Waals surface area (Å²) in [5.74, 6) is 0.776. The zero-order valence-corrected chi connectivity index (χ0v) is 22.1. The van der Waals surface area contributed by atoms with Crippen LogP contribution in [-0.2, 0) is 19.1 Å². The van der Waals surface area contributed by atoms with Gasteiger partial charge >= 0.3 is 41.5 Å². The van der Waals surface area contributed by atoms with Crippen molar-refractivity contribution in [3.8, 4) is 0 Å². The van der Waals surface area contributed by atoms with Gasteiger partial charge in [-0.2, -0.15) is 0 Å². The van der Waals surface area contributed by atoms with Crippen LogP contribution >= 0.6 is 0 Å². The predicted molar refractivity (Wildman–Crippen MR) is 115 cm³/mol. The molecule has 168 valence electrons. The zero-order valence-electron chi connectivity index (χ0n) is 20.1. The fourth-order valence-corrected chi connectivity index (χ4v) is 5.08. The van der Waals surface area contributed by atoms with Gasteiger partial charge in [0.2, 0.25) is 0 Å². The fourth-order valence-electron chi connectivity index (χ4n) is 5.08. The second kappa shape index (κ2) is 11.0. The zero-order chi connectivity index (χ0) is 22.1. The van der Waals surface area contributed by atoms with E-state index in [9.17, 15) is 14.7 Å². The molecule has 1 heterocycles. The topological polar surface area (TPSA) is 72.8 Å². The first-order chi connectivity index (χ1) is 14.1. The smallest absolute Gasteiger partial charge is 0.462 e. The molecule has 6 heteroatoms. The minimum absolute atomic E-state index is 0. The van der Waals surface area contributed by atoms with Crippen molar-refractivity contribution in [2.75, 3.05) is 0 Å². The molecule has 2 aliphatic carbocycles. The monoisotopic (exact) mass is 441 g/mol. The Labute approximate surface area is 209 Å². The first-order valence-electron chi connectivity index (χ1n) is 11.6. The largest absolute Gasteiger partial charge is 1.00 e. The van der Waals surface area contributed by atoms with Gasteiger partial charge in [-0.1, -0.05) is 39.0 Å². The number of aliphatic hydroxyl groups is 1. The minimum atomic E-state index is -0.601. The van der Waals surface area contributed by atoms with Gasteiger partial charge in [0.15, 0.2) is 0 Å². The van der Waals surface area contributed by atoms with Crippen molar-refractivity contribution in [1.82, 2.24) is 0 Å². The summed E-state index contributed by atoms with van der Waals surface area (Å²) in [6.07, 6.45) is 9.61. The van der Waals surface area contributed by atoms with E-state index >= 15 is 0 Å². The van der Waals surface area contributed by atoms with E-state index in [0.29, 0.717) is 24.2 Å². The fraction of sp³-hybridized carbons (Fsp3) is 0.760. The second-order valence-electron chi connectivity index (χ2n) is 10.3. The quantitative estimate of drug-likeness (QED) is 0.501. The molecule has 0 aromatic heterocycles. The Balaban J connectivity index is 0.00000341. The summed E-state index contributed by atoms with van der Waals surface area (Å²) in [5.41, 5.74) is 0.785. The van der Waals surface area contributed by atoms with Crippen LogP contribution in [0.2, 0.25) is 0 Å². The van der Waals surface area contributed by atoms with Crippen LogP contribution in [0.4, 0.5) is 0 Å². The molecule has 0 bridgehead atoms. The summed E-state index contributed by atoms with van der Waals surface area (Å²) in [5, 5.41) is 9.92. The average Bonchev–Trinajstić information content (AvgIpc) is 2.66. The van der Waals surface area contributed by atoms with Crippen molar-refractivity contribution >= 4 is 11.9 Å². The van der Waals surface area contributed by atoms with Crippen molar-refractivity contribution in [3.05, 3.63) is 23.8 Å². The van der Waals surface area contributed by atoms with Crippen molar-refractivity contribution in [1.29, 1.82) is 0 Å². The Morgan fingerprint density at radius 3 is 2.61 bits per heavy atom. The van der Waals surface area contributed by atoms with Crippen LogP contribution in [0.25, 0.3) is 0 Å². The number of carbonyl (C=O) groups excluding carboxylic acids is 2. The van der Waals surface area contributed by atoms with Gasteiger partial charge in [0.05, 0.1) is 17.9 Å². The van der Waals surface area contributed by atoms with E-state index < -0.39 is 11.5 Å². The molecule has 3 rings (SSSR count). The number of allylic oxidation sites excluding steroid dienone is 3. The predicted octanol–water partition coefficient (Wildman–Crippen LogP) is 1.59. The molecule has 7 atom stereocenters. The van der Waals surface area contributed by atoms with Crippen LogP contribution < -0.4 is 29.6 Å². The molecule has 1 aliphatic heterocycles. The number of hydrogen-bond donors (Lipinski definition) is 1. The Kier molecular flexibility index (Phi) is 9.45. The van der Waals surface area contributed by atoms with Crippen LogP contribution in [-0.4, -0.2) is 35.4 Å². The average molecular weight is 442 g/mol. The Bertz CT molecular complexity index is 713. The summed E-state index contributed by atoms with van der Waals surface area (Å²) in [6, 6.07) is 0. The first-order valence-corrected chi connectivity index (χ1v) is 11.6. The van der Waals surface area contributed by atoms with Gasteiger partial charge in [0, 0.05) is 12.3 Å². The normalized spacial score (nSPS) is 35.4. The number of cyclic esters (lactones) is 1. The number of ether oxygens (including phenoxy) is 2. The van der Waals surface area contributed by atoms with Crippen LogP contribution in [0.1, 0.15) is 73.1 Å². The molecule has 1 saturated heterocycles. The maximum atomic E-state index is 12.9. The van der Waals surface area contributed by atoms with Gasteiger partial charge in [0.1, 0.15) is 12.2 Å². The molecule has 0 unspecified atom stereocenters. The number of rotatable bonds is 6. The Morgan fingerprint density at radius 1 is 1.26 bits per heavy atom. The molecule has 5 nitrogen and oxygen atoms in total. The van der Waals surface area contributed by atoms with Gasteiger partial charge in [-0.05, 0) is 62.9 Å². The molecule has 3 aliphatic rings. The molecule has 0 amide bonds. The Morgan fingerprint density at radius 2 is 1.97 bits per heavy atom. The van der Waals surface area contributed by atoms with E-state index in [1.54, 1.807) is 0 Å². The number of carbonyl (C=O) groups is 2. The molecule has 0 aromatic rings. The van der Waals surface area contributed by atoms with Gasteiger partial charge in [-0.15, -0.1) is 0 Å². The van der Waals surface area contributed by atoms with Crippen molar-refractivity contribution in [2.45, 2.75) is 91.5 Å². The van der Waals surface area contributed by atoms with Crippen LogP contribution in [0.5, 0.6) is 0 Å². The standard InChI is InChI=1S/C25H38O5.Na/c1-6-25(4,5)24(28)30-21-12-15(2)11-17-8-7-16(3)20(23(17)21)10-9-19-13-18(26)14-22(27)29-19;/h7-8,11,15-16,18-21,23,26H,6,9-10,12-14H2,1-5H3;/q;+1/t15-,16-,18+,19+,20-,21-,23-;/m0./s1. The van der Waals surface area contributed by atoms with E-state index in [1.165, 1.54) is 5.57 Å². The van der Waals surface area contributed by atoms with Gasteiger partial charge in [-0.25, -0.2) is 0 Å². The van der Waals surface area contributed by atoms with E-state index in [2.05, 4.69) is 32.1 Å². The molecule has 1 N–H and O–H groups in total. The third-order valence-corrected chi connectivity index (χ3v) is 7.35. The molecule has 0 spiro atoms. The summed E-state index contributed by atoms with van der Waals surface area (Å²) >= 11 is 0. The summed E-state index contributed by atoms with van der Waals surface area (Å²) in [6.45, 7) is 10.3. The molecule has 0 aromatic carbocycles. The van der Waals surface area contributed by atoms with Crippen LogP contribution in [0.15, 0.2) is 23.8 Å². The molecule has 0 saturated carbocycles. The number of esters is 2. The van der Waals surface area contributed by atoms with Gasteiger partial charge < -0.3 is 14.6 Å². The number of fused-ring (bicyclic) bond motifs is 1. The van der Waals surface area contributed by atoms with Crippen molar-refractivity contribution in [3.63, 3.8) is 0 Å². The summed E-state index contributed by atoms with van der Waals surface area (Å²) in [7, 11) is 0. The maximum Gasteiger partial charge on any atom is 1.00 e. The van der Waals surface area contributed by atoms with E-state index in [4.69, 9.17) is 9.47 Å². The number of aliphatic hydroxyl groups excluding tert-OH is 1. The van der Waals surface area contributed by atoms with Crippen molar-refractivity contribution < 1.29 is 53.7 Å². The maximum absolute atomic E-state index is 12.9. The molecule has 31 heavy (non-hydrogen) atoms. The summed E-state index contributed by atoms with van der Waals surface area (Å²) < 4.78 is 11.6. The minimum Gasteiger partial charge on any atom is -0.462 e. The second-order valence-corrected chi connectivity index (χ2v) is 10.3. The van der Waals surface area contributed by atoms with Crippen molar-refractivity contribution in [2.24, 2.45) is 29.1 Å². The van der Waals surface area contributed by atoms with Crippen LogP contribution in [0.3, 0.4) is 0 Å².